The lowest BCUT2D eigenvalue weighted by atomic mass is 10.1. The van der Waals surface area contributed by atoms with Gasteiger partial charge in [0.05, 0.1) is 0 Å². The summed E-state index contributed by atoms with van der Waals surface area (Å²) in [5, 5.41) is 13.7. The average molecular weight is 267 g/mol. The predicted octanol–water partition coefficient (Wildman–Crippen LogP) is 3.04. The van der Waals surface area contributed by atoms with E-state index in [4.69, 9.17) is 4.42 Å². The smallest absolute Gasteiger partial charge is 0.247 e. The van der Waals surface area contributed by atoms with Crippen molar-refractivity contribution in [2.24, 2.45) is 0 Å². The van der Waals surface area contributed by atoms with E-state index in [1.54, 1.807) is 0 Å². The van der Waals surface area contributed by atoms with E-state index in [9.17, 15) is 0 Å². The summed E-state index contributed by atoms with van der Waals surface area (Å²) in [6.45, 7) is 0.952. The third-order valence-corrected chi connectivity index (χ3v) is 3.28. The Bertz CT molecular complexity index is 706. The highest BCUT2D eigenvalue weighted by Crippen LogP contribution is 2.23. The number of nitrogens with one attached hydrogen (secondary N) is 1. The van der Waals surface area contributed by atoms with Crippen LogP contribution in [-0.2, 0) is 6.42 Å². The molecule has 0 fully saturated rings. The quantitative estimate of drug-likeness (QED) is 0.722. The van der Waals surface area contributed by atoms with Crippen LogP contribution in [0.25, 0.3) is 22.2 Å². The first-order valence-electron chi connectivity index (χ1n) is 6.83. The van der Waals surface area contributed by atoms with Gasteiger partial charge in [-0.2, -0.15) is 0 Å². The van der Waals surface area contributed by atoms with Crippen LogP contribution in [-0.4, -0.2) is 23.8 Å². The minimum Gasteiger partial charge on any atom is -0.421 e. The molecule has 0 saturated carbocycles. The van der Waals surface area contributed by atoms with E-state index in [2.05, 4.69) is 39.8 Å². The maximum atomic E-state index is 5.72. The molecule has 0 aliphatic rings. The molecule has 0 radical (unpaired) electrons. The Hall–Kier alpha value is -2.20. The van der Waals surface area contributed by atoms with E-state index < -0.39 is 0 Å². The van der Waals surface area contributed by atoms with Gasteiger partial charge in [0.15, 0.2) is 0 Å². The zero-order valence-corrected chi connectivity index (χ0v) is 11.5. The van der Waals surface area contributed by atoms with Crippen molar-refractivity contribution in [3.63, 3.8) is 0 Å². The fraction of sp³-hybridized carbons (Fsp3) is 0.250. The molecule has 3 rings (SSSR count). The van der Waals surface area contributed by atoms with Crippen LogP contribution in [0.5, 0.6) is 0 Å². The molecule has 20 heavy (non-hydrogen) atoms. The van der Waals surface area contributed by atoms with Gasteiger partial charge in [0.1, 0.15) is 0 Å². The number of aryl methyl sites for hydroxylation is 1. The first kappa shape index (κ1) is 12.8. The zero-order chi connectivity index (χ0) is 13.8. The summed E-state index contributed by atoms with van der Waals surface area (Å²) in [6.07, 6.45) is 1.80. The van der Waals surface area contributed by atoms with E-state index in [1.807, 2.05) is 25.2 Å². The molecule has 4 heteroatoms. The summed E-state index contributed by atoms with van der Waals surface area (Å²) in [6, 6.07) is 14.4. The van der Waals surface area contributed by atoms with Crippen molar-refractivity contribution in [2.45, 2.75) is 12.8 Å². The lowest BCUT2D eigenvalue weighted by Crippen LogP contribution is -2.08. The molecule has 0 bridgehead atoms. The summed E-state index contributed by atoms with van der Waals surface area (Å²) in [4.78, 5) is 0. The molecule has 0 atom stereocenters. The van der Waals surface area contributed by atoms with Gasteiger partial charge in [0, 0.05) is 12.0 Å². The molecule has 4 nitrogen and oxygen atoms in total. The Kier molecular flexibility index (Phi) is 3.74. The third kappa shape index (κ3) is 2.70. The van der Waals surface area contributed by atoms with E-state index in [-0.39, 0.29) is 0 Å². The highest BCUT2D eigenvalue weighted by molar-refractivity contribution is 5.86. The van der Waals surface area contributed by atoms with Crippen LogP contribution in [0.3, 0.4) is 0 Å². The number of hydrogen-bond donors (Lipinski definition) is 1. The molecule has 0 amide bonds. The molecule has 0 aliphatic carbocycles. The van der Waals surface area contributed by atoms with Gasteiger partial charge in [-0.25, -0.2) is 0 Å². The summed E-state index contributed by atoms with van der Waals surface area (Å²) >= 11 is 0. The number of rotatable bonds is 5. The van der Waals surface area contributed by atoms with Crippen molar-refractivity contribution in [3.8, 4) is 11.5 Å². The SMILES string of the molecule is CNCCCc1nnc(-c2ccc3ccccc3c2)o1. The standard InChI is InChI=1S/C16H17N3O/c1-17-10-4-7-15-18-19-16(20-15)14-9-8-12-5-2-3-6-13(12)11-14/h2-3,5-6,8-9,11,17H,4,7,10H2,1H3. The number of fused-ring (bicyclic) bond motifs is 1. The molecule has 0 saturated heterocycles. The van der Waals surface area contributed by atoms with E-state index in [0.29, 0.717) is 11.8 Å². The second-order valence-corrected chi connectivity index (χ2v) is 4.77. The third-order valence-electron chi connectivity index (χ3n) is 3.28. The van der Waals surface area contributed by atoms with Gasteiger partial charge in [0.2, 0.25) is 11.8 Å². The Balaban J connectivity index is 1.83. The molecular weight excluding hydrogens is 250 g/mol. The number of hydrogen-bond acceptors (Lipinski definition) is 4. The molecule has 1 N–H and O–H groups in total. The van der Waals surface area contributed by atoms with Crippen LogP contribution in [0.4, 0.5) is 0 Å². The first-order chi connectivity index (χ1) is 9.86. The Labute approximate surface area is 117 Å². The molecular formula is C16H17N3O. The summed E-state index contributed by atoms with van der Waals surface area (Å²) in [5.74, 6) is 1.29. The maximum Gasteiger partial charge on any atom is 0.247 e. The van der Waals surface area contributed by atoms with Crippen LogP contribution in [0.2, 0.25) is 0 Å². The lowest BCUT2D eigenvalue weighted by molar-refractivity contribution is 0.495. The second kappa shape index (κ2) is 5.84. The van der Waals surface area contributed by atoms with Crippen molar-refractivity contribution < 1.29 is 4.42 Å². The first-order valence-corrected chi connectivity index (χ1v) is 6.83. The van der Waals surface area contributed by atoms with E-state index in [0.717, 1.165) is 24.9 Å². The van der Waals surface area contributed by atoms with Crippen LogP contribution in [0.1, 0.15) is 12.3 Å². The fourth-order valence-corrected chi connectivity index (χ4v) is 2.21. The van der Waals surface area contributed by atoms with E-state index in [1.165, 1.54) is 10.8 Å². The van der Waals surface area contributed by atoms with Crippen LogP contribution < -0.4 is 5.32 Å². The highest BCUT2D eigenvalue weighted by atomic mass is 16.4. The van der Waals surface area contributed by atoms with Crippen molar-refractivity contribution in [2.75, 3.05) is 13.6 Å². The average Bonchev–Trinajstić information content (AvgIpc) is 2.96. The fourth-order valence-electron chi connectivity index (χ4n) is 2.21. The lowest BCUT2D eigenvalue weighted by Gasteiger charge is -1.99. The monoisotopic (exact) mass is 267 g/mol. The van der Waals surface area contributed by atoms with Crippen molar-refractivity contribution in [1.82, 2.24) is 15.5 Å². The second-order valence-electron chi connectivity index (χ2n) is 4.77. The summed E-state index contributed by atoms with van der Waals surface area (Å²) in [5.41, 5.74) is 0.969. The van der Waals surface area contributed by atoms with Gasteiger partial charge >= 0.3 is 0 Å². The van der Waals surface area contributed by atoms with Crippen molar-refractivity contribution >= 4 is 10.8 Å². The minimum absolute atomic E-state index is 0.593. The molecule has 2 aromatic carbocycles. The topological polar surface area (TPSA) is 51.0 Å². The molecule has 3 aromatic rings. The van der Waals surface area contributed by atoms with Gasteiger partial charge < -0.3 is 9.73 Å². The van der Waals surface area contributed by atoms with Gasteiger partial charge in [-0.15, -0.1) is 10.2 Å². The molecule has 1 aromatic heterocycles. The molecule has 0 unspecified atom stereocenters. The highest BCUT2D eigenvalue weighted by Gasteiger charge is 2.08. The van der Waals surface area contributed by atoms with E-state index >= 15 is 0 Å². The number of aromatic nitrogens is 2. The number of benzene rings is 2. The van der Waals surface area contributed by atoms with Crippen molar-refractivity contribution in [3.05, 3.63) is 48.4 Å². The molecule has 1 heterocycles. The molecule has 102 valence electrons. The van der Waals surface area contributed by atoms with Gasteiger partial charge in [-0.1, -0.05) is 30.3 Å². The van der Waals surface area contributed by atoms with Gasteiger partial charge in [-0.05, 0) is 42.9 Å². The Morgan fingerprint density at radius 1 is 1.05 bits per heavy atom. The van der Waals surface area contributed by atoms with Crippen molar-refractivity contribution in [1.29, 1.82) is 0 Å². The minimum atomic E-state index is 0.593. The normalized spacial score (nSPS) is 11.1. The van der Waals surface area contributed by atoms with Crippen LogP contribution in [0.15, 0.2) is 46.9 Å². The summed E-state index contributed by atoms with van der Waals surface area (Å²) < 4.78 is 5.72. The van der Waals surface area contributed by atoms with Gasteiger partial charge in [-0.3, -0.25) is 0 Å². The summed E-state index contributed by atoms with van der Waals surface area (Å²) in [7, 11) is 1.94. The van der Waals surface area contributed by atoms with Crippen LogP contribution >= 0.6 is 0 Å². The van der Waals surface area contributed by atoms with Crippen LogP contribution in [0, 0.1) is 0 Å². The largest absolute Gasteiger partial charge is 0.421 e. The van der Waals surface area contributed by atoms with Gasteiger partial charge in [0.25, 0.3) is 0 Å². The predicted molar refractivity (Wildman–Crippen MR) is 79.5 cm³/mol. The zero-order valence-electron chi connectivity index (χ0n) is 11.5. The molecule has 0 aliphatic heterocycles. The maximum absolute atomic E-state index is 5.72. The number of nitrogens with zero attached hydrogens (tertiary/aromatic N) is 2. The molecule has 0 spiro atoms. The Morgan fingerprint density at radius 3 is 2.75 bits per heavy atom. The Morgan fingerprint density at radius 2 is 1.90 bits per heavy atom.